The Kier molecular flexibility index (Phi) is 2.68. The van der Waals surface area contributed by atoms with Crippen LogP contribution in [0.3, 0.4) is 0 Å². The zero-order valence-corrected chi connectivity index (χ0v) is 8.76. The molecule has 0 saturated carbocycles. The summed E-state index contributed by atoms with van der Waals surface area (Å²) in [5.74, 6) is 0.163. The second-order valence-electron chi connectivity index (χ2n) is 2.87. The molecule has 6 heteroatoms. The minimum absolute atomic E-state index is 0.131. The number of aryl methyl sites for hydroxylation is 1. The van der Waals surface area contributed by atoms with Gasteiger partial charge < -0.3 is 10.5 Å². The van der Waals surface area contributed by atoms with Gasteiger partial charge in [0.15, 0.2) is 0 Å². The van der Waals surface area contributed by atoms with E-state index in [0.29, 0.717) is 5.56 Å². The smallest absolute Gasteiger partial charge is 0.243 e. The Labute approximate surface area is 82.7 Å². The first-order valence-electron chi connectivity index (χ1n) is 3.83. The van der Waals surface area contributed by atoms with Crippen LogP contribution in [0.15, 0.2) is 17.0 Å². The van der Waals surface area contributed by atoms with Gasteiger partial charge >= 0.3 is 0 Å². The Hall–Kier alpha value is -1.27. The highest BCUT2D eigenvalue weighted by Gasteiger charge is 2.19. The third-order valence-corrected chi connectivity index (χ3v) is 2.87. The molecule has 0 radical (unpaired) electrons. The molecule has 0 fully saturated rings. The van der Waals surface area contributed by atoms with Crippen molar-refractivity contribution in [3.8, 4) is 5.75 Å². The number of rotatable bonds is 2. The van der Waals surface area contributed by atoms with Crippen LogP contribution in [0.2, 0.25) is 0 Å². The first-order valence-corrected chi connectivity index (χ1v) is 5.38. The van der Waals surface area contributed by atoms with Crippen LogP contribution in [0, 0.1) is 6.92 Å². The van der Waals surface area contributed by atoms with Crippen LogP contribution in [0.5, 0.6) is 5.75 Å². The lowest BCUT2D eigenvalue weighted by Crippen LogP contribution is -2.16. The molecule has 4 N–H and O–H groups in total. The molecule has 0 bridgehead atoms. The fraction of sp³-hybridized carbons (Fsp3) is 0.250. The first-order chi connectivity index (χ1) is 6.38. The molecule has 1 aromatic carbocycles. The zero-order valence-electron chi connectivity index (χ0n) is 7.94. The Balaban J connectivity index is 3.60. The van der Waals surface area contributed by atoms with Crippen LogP contribution >= 0.6 is 0 Å². The van der Waals surface area contributed by atoms with Gasteiger partial charge in [0.1, 0.15) is 10.6 Å². The number of anilines is 1. The van der Waals surface area contributed by atoms with Gasteiger partial charge in [-0.05, 0) is 18.6 Å². The molecule has 0 spiro atoms. The zero-order chi connectivity index (χ0) is 10.9. The van der Waals surface area contributed by atoms with Gasteiger partial charge in [0.2, 0.25) is 10.0 Å². The molecule has 1 aromatic rings. The van der Waals surface area contributed by atoms with E-state index in [1.165, 1.54) is 13.2 Å². The summed E-state index contributed by atoms with van der Waals surface area (Å²) < 4.78 is 27.3. The predicted molar refractivity (Wildman–Crippen MR) is 53.5 cm³/mol. The number of nitrogen functional groups attached to an aromatic ring is 1. The molecule has 0 aromatic heterocycles. The molecule has 0 atom stereocenters. The Morgan fingerprint density at radius 3 is 2.36 bits per heavy atom. The SMILES string of the molecule is COc1ccc(C)c(N)c1S(N)(=O)=O. The van der Waals surface area contributed by atoms with Gasteiger partial charge in [0.25, 0.3) is 0 Å². The van der Waals surface area contributed by atoms with E-state index in [2.05, 4.69) is 0 Å². The lowest BCUT2D eigenvalue weighted by atomic mass is 10.2. The maximum absolute atomic E-state index is 11.2. The molecule has 14 heavy (non-hydrogen) atoms. The minimum Gasteiger partial charge on any atom is -0.495 e. The summed E-state index contributed by atoms with van der Waals surface area (Å²) >= 11 is 0. The van der Waals surface area contributed by atoms with E-state index >= 15 is 0 Å². The number of hydrogen-bond donors (Lipinski definition) is 2. The highest BCUT2D eigenvalue weighted by Crippen LogP contribution is 2.30. The van der Waals surface area contributed by atoms with Gasteiger partial charge in [-0.15, -0.1) is 0 Å². The maximum Gasteiger partial charge on any atom is 0.243 e. The monoisotopic (exact) mass is 216 g/mol. The van der Waals surface area contributed by atoms with Gasteiger partial charge in [-0.3, -0.25) is 0 Å². The van der Waals surface area contributed by atoms with Crippen LogP contribution in [0.4, 0.5) is 5.69 Å². The van der Waals surface area contributed by atoms with Gasteiger partial charge in [0, 0.05) is 0 Å². The maximum atomic E-state index is 11.2. The molecule has 0 heterocycles. The van der Waals surface area contributed by atoms with E-state index in [1.807, 2.05) is 0 Å². The summed E-state index contributed by atoms with van der Waals surface area (Å²) in [5.41, 5.74) is 6.39. The van der Waals surface area contributed by atoms with Crippen molar-refractivity contribution in [3.63, 3.8) is 0 Å². The molecule has 1 rings (SSSR count). The van der Waals surface area contributed by atoms with Crippen molar-refractivity contribution in [2.75, 3.05) is 12.8 Å². The number of sulfonamides is 1. The minimum atomic E-state index is -3.85. The van der Waals surface area contributed by atoms with E-state index in [-0.39, 0.29) is 16.3 Å². The molecule has 0 aliphatic heterocycles. The molecular weight excluding hydrogens is 204 g/mol. The van der Waals surface area contributed by atoms with Crippen molar-refractivity contribution in [2.24, 2.45) is 5.14 Å². The largest absolute Gasteiger partial charge is 0.495 e. The summed E-state index contributed by atoms with van der Waals surface area (Å²) in [6.07, 6.45) is 0. The van der Waals surface area contributed by atoms with Gasteiger partial charge in [-0.1, -0.05) is 6.07 Å². The summed E-state index contributed by atoms with van der Waals surface area (Å²) in [6.45, 7) is 1.70. The van der Waals surface area contributed by atoms with Crippen molar-refractivity contribution in [1.82, 2.24) is 0 Å². The molecule has 0 aliphatic carbocycles. The van der Waals surface area contributed by atoms with E-state index in [0.717, 1.165) is 0 Å². The molecule has 0 amide bonds. The van der Waals surface area contributed by atoms with Gasteiger partial charge in [0.05, 0.1) is 12.8 Å². The number of methoxy groups -OCH3 is 1. The highest BCUT2D eigenvalue weighted by atomic mass is 32.2. The van der Waals surface area contributed by atoms with Crippen molar-refractivity contribution in [1.29, 1.82) is 0 Å². The highest BCUT2D eigenvalue weighted by molar-refractivity contribution is 7.89. The van der Waals surface area contributed by atoms with E-state index < -0.39 is 10.0 Å². The number of nitrogens with two attached hydrogens (primary N) is 2. The quantitative estimate of drug-likeness (QED) is 0.692. The van der Waals surface area contributed by atoms with Gasteiger partial charge in [-0.25, -0.2) is 13.6 Å². The fourth-order valence-corrected chi connectivity index (χ4v) is 2.03. The molecule has 0 saturated heterocycles. The molecule has 0 unspecified atom stereocenters. The fourth-order valence-electron chi connectivity index (χ4n) is 1.13. The predicted octanol–water partition coefficient (Wildman–Crippen LogP) is 0.233. The lowest BCUT2D eigenvalue weighted by Gasteiger charge is -2.10. The second-order valence-corrected chi connectivity index (χ2v) is 4.37. The van der Waals surface area contributed by atoms with E-state index in [1.54, 1.807) is 13.0 Å². The molecule has 0 aliphatic rings. The van der Waals surface area contributed by atoms with Gasteiger partial charge in [-0.2, -0.15) is 0 Å². The van der Waals surface area contributed by atoms with Crippen molar-refractivity contribution < 1.29 is 13.2 Å². The number of hydrogen-bond acceptors (Lipinski definition) is 4. The Bertz CT molecular complexity index is 454. The molecule has 5 nitrogen and oxygen atoms in total. The first kappa shape index (κ1) is 10.8. The van der Waals surface area contributed by atoms with Crippen LogP contribution in [-0.2, 0) is 10.0 Å². The Morgan fingerprint density at radius 2 is 1.93 bits per heavy atom. The normalized spacial score (nSPS) is 11.4. The molecule has 78 valence electrons. The summed E-state index contributed by atoms with van der Waals surface area (Å²) in [4.78, 5) is -0.153. The van der Waals surface area contributed by atoms with Crippen LogP contribution in [0.1, 0.15) is 5.56 Å². The second kappa shape index (κ2) is 3.47. The third kappa shape index (κ3) is 1.80. The van der Waals surface area contributed by atoms with Crippen LogP contribution in [0.25, 0.3) is 0 Å². The van der Waals surface area contributed by atoms with Crippen LogP contribution in [-0.4, -0.2) is 15.5 Å². The van der Waals surface area contributed by atoms with Crippen molar-refractivity contribution in [2.45, 2.75) is 11.8 Å². The molecular formula is C8H12N2O3S. The topological polar surface area (TPSA) is 95.4 Å². The number of primary sulfonamides is 1. The van der Waals surface area contributed by atoms with Crippen LogP contribution < -0.4 is 15.6 Å². The van der Waals surface area contributed by atoms with E-state index in [4.69, 9.17) is 15.6 Å². The third-order valence-electron chi connectivity index (χ3n) is 1.88. The lowest BCUT2D eigenvalue weighted by molar-refractivity contribution is 0.403. The average Bonchev–Trinajstić information content (AvgIpc) is 2.07. The summed E-state index contributed by atoms with van der Waals surface area (Å²) in [6, 6.07) is 3.19. The standard InChI is InChI=1S/C8H12N2O3S/c1-5-3-4-6(13-2)8(7(5)9)14(10,11)12/h3-4H,9H2,1-2H3,(H2,10,11,12). The van der Waals surface area contributed by atoms with Crippen molar-refractivity contribution >= 4 is 15.7 Å². The Morgan fingerprint density at radius 1 is 1.36 bits per heavy atom. The summed E-state index contributed by atoms with van der Waals surface area (Å²) in [5, 5.41) is 5.02. The van der Waals surface area contributed by atoms with E-state index in [9.17, 15) is 8.42 Å². The summed E-state index contributed by atoms with van der Waals surface area (Å²) in [7, 11) is -2.49. The number of ether oxygens (including phenoxy) is 1. The average molecular weight is 216 g/mol. The van der Waals surface area contributed by atoms with Crippen molar-refractivity contribution in [3.05, 3.63) is 17.7 Å². The number of benzene rings is 1.